The fraction of sp³-hybridized carbons (Fsp3) is 0.300. The van der Waals surface area contributed by atoms with Gasteiger partial charge in [0, 0.05) is 18.3 Å². The Kier molecular flexibility index (Phi) is 6.91. The summed E-state index contributed by atoms with van der Waals surface area (Å²) in [4.78, 5) is 24.0. The minimum atomic E-state index is -3.85. The van der Waals surface area contributed by atoms with Crippen molar-refractivity contribution in [1.82, 2.24) is 4.72 Å². The highest BCUT2D eigenvalue weighted by atomic mass is 32.2. The number of carbonyl (C=O) groups is 2. The Morgan fingerprint density at radius 1 is 1.07 bits per heavy atom. The van der Waals surface area contributed by atoms with Gasteiger partial charge in [0.05, 0.1) is 11.3 Å². The summed E-state index contributed by atoms with van der Waals surface area (Å²) in [5.41, 5.74) is 0.581. The molecule has 30 heavy (non-hydrogen) atoms. The molecular weight excluding hydrogens is 412 g/mol. The van der Waals surface area contributed by atoms with Crippen molar-refractivity contribution in [2.24, 2.45) is 0 Å². The first kappa shape index (κ1) is 21.6. The topological polar surface area (TPSA) is 120 Å². The molecule has 0 fully saturated rings. The molecule has 3 rings (SSSR count). The minimum Gasteiger partial charge on any atom is -0.486 e. The zero-order valence-corrected chi connectivity index (χ0v) is 17.1. The van der Waals surface area contributed by atoms with Gasteiger partial charge in [-0.3, -0.25) is 9.59 Å². The molecule has 2 N–H and O–H groups in total. The minimum absolute atomic E-state index is 0.00396. The van der Waals surface area contributed by atoms with Crippen LogP contribution in [-0.2, 0) is 24.3 Å². The van der Waals surface area contributed by atoms with Crippen LogP contribution < -0.4 is 19.5 Å². The number of esters is 1. The van der Waals surface area contributed by atoms with Crippen LogP contribution in [-0.4, -0.2) is 46.2 Å². The molecule has 1 heterocycles. The summed E-state index contributed by atoms with van der Waals surface area (Å²) < 4.78 is 43.0. The van der Waals surface area contributed by atoms with E-state index in [0.717, 1.165) is 0 Å². The molecule has 0 saturated carbocycles. The normalized spacial score (nSPS) is 13.9. The van der Waals surface area contributed by atoms with E-state index in [0.29, 0.717) is 30.4 Å². The number of nitrogens with one attached hydrogen (secondary N) is 2. The summed E-state index contributed by atoms with van der Waals surface area (Å²) >= 11 is 0. The van der Waals surface area contributed by atoms with Crippen LogP contribution in [0.15, 0.2) is 53.4 Å². The maximum atomic E-state index is 12.4. The molecule has 1 aliphatic rings. The Morgan fingerprint density at radius 2 is 1.77 bits per heavy atom. The smallest absolute Gasteiger partial charge is 0.307 e. The number of fused-ring (bicyclic) bond motifs is 1. The second-order valence-electron chi connectivity index (χ2n) is 6.44. The van der Waals surface area contributed by atoms with E-state index in [-0.39, 0.29) is 17.9 Å². The Morgan fingerprint density at radius 3 is 2.50 bits per heavy atom. The van der Waals surface area contributed by atoms with Gasteiger partial charge >= 0.3 is 5.97 Å². The van der Waals surface area contributed by atoms with E-state index in [1.165, 1.54) is 25.1 Å². The Bertz CT molecular complexity index is 1010. The number of ether oxygens (including phenoxy) is 3. The van der Waals surface area contributed by atoms with Crippen LogP contribution in [0.4, 0.5) is 5.69 Å². The third kappa shape index (κ3) is 5.71. The van der Waals surface area contributed by atoms with Gasteiger partial charge in [0.1, 0.15) is 13.2 Å². The van der Waals surface area contributed by atoms with E-state index in [1.54, 1.807) is 24.3 Å². The summed E-state index contributed by atoms with van der Waals surface area (Å²) in [6.45, 7) is 2.01. The predicted molar refractivity (Wildman–Crippen MR) is 108 cm³/mol. The van der Waals surface area contributed by atoms with Crippen LogP contribution >= 0.6 is 0 Å². The van der Waals surface area contributed by atoms with Crippen molar-refractivity contribution in [3.8, 4) is 11.5 Å². The van der Waals surface area contributed by atoms with Gasteiger partial charge in [-0.1, -0.05) is 18.2 Å². The first-order valence-electron chi connectivity index (χ1n) is 9.30. The van der Waals surface area contributed by atoms with Gasteiger partial charge < -0.3 is 19.5 Å². The summed E-state index contributed by atoms with van der Waals surface area (Å²) in [5.74, 6) is -0.352. The average Bonchev–Trinajstić information content (AvgIpc) is 2.74. The van der Waals surface area contributed by atoms with Crippen molar-refractivity contribution in [3.63, 3.8) is 0 Å². The third-order valence-corrected chi connectivity index (χ3v) is 5.62. The lowest BCUT2D eigenvalue weighted by Crippen LogP contribution is -2.32. The Hall–Kier alpha value is -3.11. The molecular formula is C20H22N2O7S. The molecule has 0 radical (unpaired) electrons. The van der Waals surface area contributed by atoms with Gasteiger partial charge in [-0.25, -0.2) is 13.1 Å². The number of benzene rings is 2. The first-order valence-corrected chi connectivity index (χ1v) is 10.8. The molecule has 1 aliphatic heterocycles. The standard InChI is InChI=1S/C20H22N2O7S/c1-14(20(24)22-15-5-3-2-4-6-15)29-19(23)9-10-21-30(25,26)16-7-8-17-18(13-16)28-12-11-27-17/h2-8,13-14,21H,9-12H2,1H3,(H,22,24)/t14-/m0/s1. The van der Waals surface area contributed by atoms with Crippen molar-refractivity contribution in [3.05, 3.63) is 48.5 Å². The average molecular weight is 434 g/mol. The molecule has 0 unspecified atom stereocenters. The molecule has 0 spiro atoms. The summed E-state index contributed by atoms with van der Waals surface area (Å²) in [6.07, 6.45) is -1.25. The molecule has 0 saturated heterocycles. The van der Waals surface area contributed by atoms with Gasteiger partial charge in [-0.05, 0) is 31.2 Å². The molecule has 160 valence electrons. The predicted octanol–water partition coefficient (Wildman–Crippen LogP) is 1.70. The van der Waals surface area contributed by atoms with E-state index in [9.17, 15) is 18.0 Å². The second-order valence-corrected chi connectivity index (χ2v) is 8.21. The summed E-state index contributed by atoms with van der Waals surface area (Å²) in [5, 5.41) is 2.62. The van der Waals surface area contributed by atoms with Crippen LogP contribution in [0, 0.1) is 0 Å². The molecule has 0 aliphatic carbocycles. The highest BCUT2D eigenvalue weighted by Crippen LogP contribution is 2.32. The van der Waals surface area contributed by atoms with Crippen LogP contribution in [0.1, 0.15) is 13.3 Å². The lowest BCUT2D eigenvalue weighted by molar-refractivity contribution is -0.152. The van der Waals surface area contributed by atoms with Crippen LogP contribution in [0.3, 0.4) is 0 Å². The van der Waals surface area contributed by atoms with Crippen molar-refractivity contribution in [1.29, 1.82) is 0 Å². The number of sulfonamides is 1. The molecule has 2 aromatic carbocycles. The lowest BCUT2D eigenvalue weighted by atomic mass is 10.3. The van der Waals surface area contributed by atoms with E-state index in [4.69, 9.17) is 14.2 Å². The van der Waals surface area contributed by atoms with E-state index < -0.39 is 28.0 Å². The lowest BCUT2D eigenvalue weighted by Gasteiger charge is -2.19. The zero-order valence-electron chi connectivity index (χ0n) is 16.3. The van der Waals surface area contributed by atoms with Gasteiger partial charge in [0.25, 0.3) is 5.91 Å². The van der Waals surface area contributed by atoms with Gasteiger partial charge in [0.15, 0.2) is 17.6 Å². The monoisotopic (exact) mass is 434 g/mol. The molecule has 1 amide bonds. The number of hydrogen-bond donors (Lipinski definition) is 2. The first-order chi connectivity index (χ1) is 14.3. The highest BCUT2D eigenvalue weighted by molar-refractivity contribution is 7.89. The van der Waals surface area contributed by atoms with Crippen LogP contribution in [0.5, 0.6) is 11.5 Å². The quantitative estimate of drug-likeness (QED) is 0.607. The van der Waals surface area contributed by atoms with Crippen molar-refractivity contribution in [2.75, 3.05) is 25.1 Å². The van der Waals surface area contributed by atoms with E-state index >= 15 is 0 Å². The summed E-state index contributed by atoms with van der Waals surface area (Å²) in [7, 11) is -3.85. The summed E-state index contributed by atoms with van der Waals surface area (Å²) in [6, 6.07) is 13.0. The van der Waals surface area contributed by atoms with Crippen LogP contribution in [0.2, 0.25) is 0 Å². The second kappa shape index (κ2) is 9.59. The number of para-hydroxylation sites is 1. The maximum absolute atomic E-state index is 12.4. The Balaban J connectivity index is 1.47. The van der Waals surface area contributed by atoms with Crippen LogP contribution in [0.25, 0.3) is 0 Å². The molecule has 2 aromatic rings. The zero-order chi connectivity index (χ0) is 21.6. The van der Waals surface area contributed by atoms with E-state index in [2.05, 4.69) is 10.0 Å². The van der Waals surface area contributed by atoms with Gasteiger partial charge in [0.2, 0.25) is 10.0 Å². The van der Waals surface area contributed by atoms with Gasteiger partial charge in [-0.15, -0.1) is 0 Å². The van der Waals surface area contributed by atoms with Crippen molar-refractivity contribution < 1.29 is 32.2 Å². The highest BCUT2D eigenvalue weighted by Gasteiger charge is 2.21. The largest absolute Gasteiger partial charge is 0.486 e. The molecule has 9 nitrogen and oxygen atoms in total. The number of hydrogen-bond acceptors (Lipinski definition) is 7. The number of rotatable bonds is 8. The maximum Gasteiger partial charge on any atom is 0.307 e. The molecule has 10 heteroatoms. The number of anilines is 1. The fourth-order valence-electron chi connectivity index (χ4n) is 2.64. The number of carbonyl (C=O) groups excluding carboxylic acids is 2. The molecule has 0 aromatic heterocycles. The van der Waals surface area contributed by atoms with E-state index in [1.807, 2.05) is 6.07 Å². The van der Waals surface area contributed by atoms with Crippen molar-refractivity contribution >= 4 is 27.6 Å². The molecule has 0 bridgehead atoms. The number of amides is 1. The van der Waals surface area contributed by atoms with Crippen molar-refractivity contribution in [2.45, 2.75) is 24.3 Å². The fourth-order valence-corrected chi connectivity index (χ4v) is 3.68. The Labute approximate surface area is 174 Å². The third-order valence-electron chi connectivity index (χ3n) is 4.16. The van der Waals surface area contributed by atoms with Gasteiger partial charge in [-0.2, -0.15) is 0 Å². The SMILES string of the molecule is C[C@H](OC(=O)CCNS(=O)(=O)c1ccc2c(c1)OCCO2)C(=O)Nc1ccccc1. The molecule has 1 atom stereocenters.